The molecule has 0 aromatic heterocycles. The van der Waals surface area contributed by atoms with Gasteiger partial charge in [0.05, 0.1) is 30.1 Å². The molecule has 2 fully saturated rings. The predicted octanol–water partition coefficient (Wildman–Crippen LogP) is 2.96. The lowest BCUT2D eigenvalue weighted by Crippen LogP contribution is -2.59. The first-order chi connectivity index (χ1) is 19.3. The van der Waals surface area contributed by atoms with Crippen LogP contribution in [0.15, 0.2) is 54.6 Å². The minimum absolute atomic E-state index is 0.112. The first-order valence-corrected chi connectivity index (χ1v) is 14.9. The van der Waals surface area contributed by atoms with Gasteiger partial charge in [0, 0.05) is 26.2 Å². The Kier molecular flexibility index (Phi) is 8.20. The quantitative estimate of drug-likeness (QED) is 0.358. The van der Waals surface area contributed by atoms with Gasteiger partial charge in [-0.2, -0.15) is 0 Å². The highest BCUT2D eigenvalue weighted by molar-refractivity contribution is 6.00. The Labute approximate surface area is 237 Å². The Morgan fingerprint density at radius 3 is 2.27 bits per heavy atom. The van der Waals surface area contributed by atoms with Crippen LogP contribution in [0.4, 0.5) is 0 Å². The second-order valence-electron chi connectivity index (χ2n) is 11.8. The molecule has 4 aliphatic rings. The molecule has 0 radical (unpaired) electrons. The number of fused-ring (bicyclic) bond motifs is 2. The number of carbonyl (C=O) groups excluding carboxylic acids is 3. The topological polar surface area (TPSA) is 90.4 Å². The summed E-state index contributed by atoms with van der Waals surface area (Å²) in [6.45, 7) is 7.79. The fourth-order valence-electron chi connectivity index (χ4n) is 7.31. The minimum atomic E-state index is -1.30. The Balaban J connectivity index is 1.61. The number of rotatable bonds is 10. The van der Waals surface area contributed by atoms with Gasteiger partial charge in [-0.3, -0.25) is 14.4 Å². The lowest BCUT2D eigenvalue weighted by atomic mass is 9.74. The fourth-order valence-corrected chi connectivity index (χ4v) is 7.31. The monoisotopic (exact) mass is 549 g/mol. The smallest absolute Gasteiger partial charge is 0.249 e. The third-order valence-electron chi connectivity index (χ3n) is 9.11. The number of ether oxygens (including phenoxy) is 1. The van der Waals surface area contributed by atoms with Crippen molar-refractivity contribution < 1.29 is 24.2 Å². The van der Waals surface area contributed by atoms with Gasteiger partial charge in [-0.05, 0) is 31.7 Å². The molecule has 3 amide bonds. The molecule has 2 saturated heterocycles. The summed E-state index contributed by atoms with van der Waals surface area (Å²) >= 11 is 0. The number of aliphatic hydroxyl groups is 1. The lowest BCUT2D eigenvalue weighted by Gasteiger charge is -2.40. The zero-order chi connectivity index (χ0) is 28.5. The number of nitrogens with zero attached hydrogens (tertiary/aromatic N) is 3. The first kappa shape index (κ1) is 28.6. The van der Waals surface area contributed by atoms with Crippen molar-refractivity contribution in [2.24, 2.45) is 11.8 Å². The van der Waals surface area contributed by atoms with Crippen molar-refractivity contribution >= 4 is 17.7 Å². The van der Waals surface area contributed by atoms with E-state index in [1.54, 1.807) is 9.80 Å². The Morgan fingerprint density at radius 2 is 1.60 bits per heavy atom. The first-order valence-electron chi connectivity index (χ1n) is 14.9. The molecule has 8 heteroatoms. The molecule has 1 unspecified atom stereocenters. The average molecular weight is 550 g/mol. The van der Waals surface area contributed by atoms with E-state index in [0.717, 1.165) is 31.2 Å². The number of carbonyl (C=O) groups is 3. The van der Waals surface area contributed by atoms with Gasteiger partial charge in [0.2, 0.25) is 17.7 Å². The van der Waals surface area contributed by atoms with E-state index in [1.807, 2.05) is 73.4 Å². The molecular formula is C32H43N3O5. The molecule has 216 valence electrons. The minimum Gasteiger partial charge on any atom is -0.394 e. The molecule has 0 aliphatic carbocycles. The summed E-state index contributed by atoms with van der Waals surface area (Å²) in [5, 5.41) is 10.6. The molecule has 4 heterocycles. The number of unbranched alkanes of at least 4 members (excludes halogenated alkanes) is 2. The van der Waals surface area contributed by atoms with Gasteiger partial charge in [-0.1, -0.05) is 81.3 Å². The molecule has 4 aliphatic heterocycles. The summed E-state index contributed by atoms with van der Waals surface area (Å²) in [6.07, 6.45) is 11.8. The largest absolute Gasteiger partial charge is 0.394 e. The number of likely N-dealkylation sites (tertiary alicyclic amines) is 1. The lowest BCUT2D eigenvalue weighted by molar-refractivity contribution is -0.155. The highest BCUT2D eigenvalue weighted by Crippen LogP contribution is 2.58. The van der Waals surface area contributed by atoms with Gasteiger partial charge in [0.25, 0.3) is 0 Å². The molecule has 0 saturated carbocycles. The molecule has 1 aromatic carbocycles. The van der Waals surface area contributed by atoms with E-state index in [2.05, 4.69) is 6.92 Å². The van der Waals surface area contributed by atoms with E-state index in [1.165, 1.54) is 0 Å². The number of benzene rings is 1. The van der Waals surface area contributed by atoms with E-state index in [0.29, 0.717) is 32.6 Å². The van der Waals surface area contributed by atoms with Crippen LogP contribution in [0.25, 0.3) is 0 Å². The van der Waals surface area contributed by atoms with Crippen LogP contribution in [-0.2, 0) is 25.5 Å². The van der Waals surface area contributed by atoms with Crippen LogP contribution in [0.2, 0.25) is 0 Å². The maximum absolute atomic E-state index is 14.6. The van der Waals surface area contributed by atoms with E-state index in [4.69, 9.17) is 4.74 Å². The van der Waals surface area contributed by atoms with Crippen LogP contribution in [0.5, 0.6) is 0 Å². The molecule has 6 atom stereocenters. The molecule has 1 N–H and O–H groups in total. The van der Waals surface area contributed by atoms with E-state index in [9.17, 15) is 19.5 Å². The summed E-state index contributed by atoms with van der Waals surface area (Å²) in [5.74, 6) is -2.21. The van der Waals surface area contributed by atoms with Gasteiger partial charge in [0.1, 0.15) is 11.6 Å². The standard InChI is InChI=1S/C32H43N3O5/c1-4-6-10-18-34-20-12-16-32-26(25-28(37)33(17-5-2)19-11-15-31(25,3)40-32)29(38)35(27(32)30(34)39)24(22-36)21-23-13-8-7-9-14-23/h7-9,11-16,24-27,36H,4-6,10,17-22H2,1-3H3/t24-,25+,26+,27?,31-,32+/m1/s1. The number of amides is 3. The van der Waals surface area contributed by atoms with Gasteiger partial charge < -0.3 is 24.5 Å². The molecular weight excluding hydrogens is 506 g/mol. The SMILES string of the molecule is CCCCCN1CC=C[C@]23O[C@]4(C)C=CCN(CCC)C(=O)[C@@H]4[C@H]2C(=O)N([C@@H](CO)Cc2ccccc2)C3C1=O. The Hall–Kier alpha value is -2.97. The summed E-state index contributed by atoms with van der Waals surface area (Å²) in [6, 6.07) is 8.10. The highest BCUT2D eigenvalue weighted by Gasteiger charge is 2.75. The van der Waals surface area contributed by atoms with Crippen molar-refractivity contribution in [1.29, 1.82) is 0 Å². The van der Waals surface area contributed by atoms with Gasteiger partial charge in [-0.15, -0.1) is 0 Å². The van der Waals surface area contributed by atoms with E-state index >= 15 is 0 Å². The Bertz CT molecular complexity index is 1170. The van der Waals surface area contributed by atoms with Crippen LogP contribution >= 0.6 is 0 Å². The zero-order valence-electron chi connectivity index (χ0n) is 24.0. The predicted molar refractivity (Wildman–Crippen MR) is 152 cm³/mol. The number of aliphatic hydroxyl groups excluding tert-OH is 1. The van der Waals surface area contributed by atoms with Crippen LogP contribution in [-0.4, -0.2) is 93.6 Å². The molecule has 40 heavy (non-hydrogen) atoms. The summed E-state index contributed by atoms with van der Waals surface area (Å²) in [4.78, 5) is 48.3. The van der Waals surface area contributed by atoms with Crippen molar-refractivity contribution in [3.05, 3.63) is 60.2 Å². The molecule has 1 spiro atoms. The normalized spacial score (nSPS) is 32.1. The highest BCUT2D eigenvalue weighted by atomic mass is 16.5. The second-order valence-corrected chi connectivity index (χ2v) is 11.8. The van der Waals surface area contributed by atoms with Crippen molar-refractivity contribution in [3.8, 4) is 0 Å². The molecule has 1 aromatic rings. The van der Waals surface area contributed by atoms with Crippen LogP contribution in [0.1, 0.15) is 52.0 Å². The van der Waals surface area contributed by atoms with E-state index < -0.39 is 35.1 Å². The fraction of sp³-hybridized carbons (Fsp3) is 0.594. The maximum atomic E-state index is 14.6. The average Bonchev–Trinajstić information content (AvgIpc) is 3.23. The van der Waals surface area contributed by atoms with Crippen LogP contribution < -0.4 is 0 Å². The van der Waals surface area contributed by atoms with Crippen LogP contribution in [0.3, 0.4) is 0 Å². The van der Waals surface area contributed by atoms with Crippen LogP contribution in [0, 0.1) is 11.8 Å². The molecule has 0 bridgehead atoms. The van der Waals surface area contributed by atoms with Gasteiger partial charge in [0.15, 0.2) is 0 Å². The number of hydrogen-bond acceptors (Lipinski definition) is 5. The molecule has 8 nitrogen and oxygen atoms in total. The third-order valence-corrected chi connectivity index (χ3v) is 9.11. The summed E-state index contributed by atoms with van der Waals surface area (Å²) in [7, 11) is 0. The van der Waals surface area contributed by atoms with E-state index in [-0.39, 0.29) is 24.3 Å². The molecule has 5 rings (SSSR count). The van der Waals surface area contributed by atoms with Crippen molar-refractivity contribution in [3.63, 3.8) is 0 Å². The van der Waals surface area contributed by atoms with Gasteiger partial charge in [-0.25, -0.2) is 0 Å². The Morgan fingerprint density at radius 1 is 0.900 bits per heavy atom. The maximum Gasteiger partial charge on any atom is 0.249 e. The van der Waals surface area contributed by atoms with Gasteiger partial charge >= 0.3 is 0 Å². The summed E-state index contributed by atoms with van der Waals surface area (Å²) in [5.41, 5.74) is -1.36. The number of hydrogen-bond donors (Lipinski definition) is 1. The summed E-state index contributed by atoms with van der Waals surface area (Å²) < 4.78 is 6.90. The second kappa shape index (κ2) is 11.5. The third kappa shape index (κ3) is 4.69. The zero-order valence-corrected chi connectivity index (χ0v) is 24.0. The van der Waals surface area contributed by atoms with Crippen molar-refractivity contribution in [2.45, 2.75) is 76.2 Å². The van der Waals surface area contributed by atoms with Crippen molar-refractivity contribution in [1.82, 2.24) is 14.7 Å². The van der Waals surface area contributed by atoms with Crippen molar-refractivity contribution in [2.75, 3.05) is 32.8 Å².